The van der Waals surface area contributed by atoms with Crippen LogP contribution in [0.4, 0.5) is 0 Å². The minimum Gasteiger partial charge on any atom is -0.453 e. The molecule has 4 N–H and O–H groups in total. The number of aliphatic hydroxyl groups excluding tert-OH is 4. The fraction of sp³-hybridized carbons (Fsp3) is 0.462. The zero-order valence-electron chi connectivity index (χ0n) is 10.5. The Labute approximate surface area is 115 Å². The lowest BCUT2D eigenvalue weighted by molar-refractivity contribution is -0.285. The minimum absolute atomic E-state index is 0.244. The van der Waals surface area contributed by atoms with Crippen molar-refractivity contribution in [3.8, 4) is 0 Å². The third-order valence-electron chi connectivity index (χ3n) is 3.09. The van der Waals surface area contributed by atoms with Crippen LogP contribution >= 0.6 is 0 Å². The first-order valence-corrected chi connectivity index (χ1v) is 6.11. The van der Waals surface area contributed by atoms with Crippen molar-refractivity contribution in [2.75, 3.05) is 6.61 Å². The van der Waals surface area contributed by atoms with Crippen LogP contribution in [0.3, 0.4) is 0 Å². The zero-order valence-corrected chi connectivity index (χ0v) is 10.5. The molecule has 1 fully saturated rings. The zero-order chi connectivity index (χ0) is 14.7. The van der Waals surface area contributed by atoms with Crippen molar-refractivity contribution in [2.45, 2.75) is 30.7 Å². The van der Waals surface area contributed by atoms with Gasteiger partial charge >= 0.3 is 5.97 Å². The van der Waals surface area contributed by atoms with Gasteiger partial charge in [0.2, 0.25) is 0 Å². The second kappa shape index (κ2) is 6.29. The van der Waals surface area contributed by atoms with Crippen LogP contribution in [0.25, 0.3) is 0 Å². The summed E-state index contributed by atoms with van der Waals surface area (Å²) in [7, 11) is 0. The molecule has 0 radical (unpaired) electrons. The Morgan fingerprint density at radius 2 is 1.80 bits per heavy atom. The van der Waals surface area contributed by atoms with Crippen molar-refractivity contribution < 1.29 is 34.7 Å². The highest BCUT2D eigenvalue weighted by Crippen LogP contribution is 2.23. The van der Waals surface area contributed by atoms with Gasteiger partial charge in [0, 0.05) is 0 Å². The normalized spacial score (nSPS) is 33.7. The Balaban J connectivity index is 2.11. The molecule has 0 saturated carbocycles. The molecule has 5 atom stereocenters. The SMILES string of the molecule is O=C(OC1C(O)[C@H](O)OC(CO)[C@@H]1O)c1ccccc1. The maximum absolute atomic E-state index is 11.9. The molecule has 1 heterocycles. The fourth-order valence-electron chi connectivity index (χ4n) is 1.97. The first-order valence-electron chi connectivity index (χ1n) is 6.11. The number of hydrogen-bond donors (Lipinski definition) is 4. The highest BCUT2D eigenvalue weighted by Gasteiger charge is 2.46. The summed E-state index contributed by atoms with van der Waals surface area (Å²) in [6.07, 6.45) is -7.21. The predicted molar refractivity (Wildman–Crippen MR) is 65.6 cm³/mol. The summed E-state index contributed by atoms with van der Waals surface area (Å²) in [5.74, 6) is -0.750. The predicted octanol–water partition coefficient (Wildman–Crippen LogP) is -1.36. The number of esters is 1. The molecule has 1 aliphatic heterocycles. The average molecular weight is 284 g/mol. The molecule has 1 aromatic carbocycles. The van der Waals surface area contributed by atoms with E-state index in [-0.39, 0.29) is 5.56 Å². The summed E-state index contributed by atoms with van der Waals surface area (Å²) in [4.78, 5) is 11.9. The summed E-state index contributed by atoms with van der Waals surface area (Å²) in [5.41, 5.74) is 0.244. The maximum Gasteiger partial charge on any atom is 0.338 e. The third kappa shape index (κ3) is 2.97. The molecule has 110 valence electrons. The fourth-order valence-corrected chi connectivity index (χ4v) is 1.97. The molecule has 0 aromatic heterocycles. The van der Waals surface area contributed by atoms with Crippen LogP contribution in [0.15, 0.2) is 30.3 Å². The van der Waals surface area contributed by atoms with Crippen molar-refractivity contribution in [1.29, 1.82) is 0 Å². The largest absolute Gasteiger partial charge is 0.453 e. The van der Waals surface area contributed by atoms with E-state index in [1.165, 1.54) is 12.1 Å². The first kappa shape index (κ1) is 14.9. The third-order valence-corrected chi connectivity index (χ3v) is 3.09. The number of ether oxygens (including phenoxy) is 2. The van der Waals surface area contributed by atoms with Crippen LogP contribution in [0.1, 0.15) is 10.4 Å². The maximum atomic E-state index is 11.9. The van der Waals surface area contributed by atoms with Gasteiger partial charge in [-0.05, 0) is 12.1 Å². The molecule has 20 heavy (non-hydrogen) atoms. The molecule has 0 amide bonds. The molecule has 0 spiro atoms. The Bertz CT molecular complexity index is 449. The molecule has 1 aromatic rings. The van der Waals surface area contributed by atoms with E-state index in [1.54, 1.807) is 18.2 Å². The number of hydrogen-bond acceptors (Lipinski definition) is 7. The Morgan fingerprint density at radius 3 is 2.40 bits per heavy atom. The second-order valence-corrected chi connectivity index (χ2v) is 4.46. The standard InChI is InChI=1S/C13H16O7/c14-6-8-9(15)11(10(16)13(18)19-8)20-12(17)7-4-2-1-3-5-7/h1-5,8-11,13-16,18H,6H2/t8?,9-,10?,11?,13+/m0/s1. The number of carbonyl (C=O) groups excluding carboxylic acids is 1. The van der Waals surface area contributed by atoms with E-state index in [4.69, 9.17) is 14.6 Å². The van der Waals surface area contributed by atoms with Crippen LogP contribution in [-0.4, -0.2) is 63.7 Å². The van der Waals surface area contributed by atoms with Gasteiger partial charge in [-0.1, -0.05) is 18.2 Å². The molecular weight excluding hydrogens is 268 g/mol. The molecule has 2 rings (SSSR count). The van der Waals surface area contributed by atoms with Crippen molar-refractivity contribution in [3.05, 3.63) is 35.9 Å². The van der Waals surface area contributed by atoms with E-state index in [0.29, 0.717) is 0 Å². The van der Waals surface area contributed by atoms with Gasteiger partial charge in [0.15, 0.2) is 12.4 Å². The van der Waals surface area contributed by atoms with E-state index in [9.17, 15) is 20.1 Å². The van der Waals surface area contributed by atoms with Gasteiger partial charge in [-0.3, -0.25) is 0 Å². The van der Waals surface area contributed by atoms with Crippen LogP contribution in [0.2, 0.25) is 0 Å². The summed E-state index contributed by atoms with van der Waals surface area (Å²) < 4.78 is 9.81. The molecule has 0 aliphatic carbocycles. The summed E-state index contributed by atoms with van der Waals surface area (Å²) in [6.45, 7) is -0.579. The highest BCUT2D eigenvalue weighted by molar-refractivity contribution is 5.89. The van der Waals surface area contributed by atoms with Gasteiger partial charge < -0.3 is 29.9 Å². The van der Waals surface area contributed by atoms with Crippen LogP contribution < -0.4 is 0 Å². The van der Waals surface area contributed by atoms with Crippen LogP contribution in [0, 0.1) is 0 Å². The summed E-state index contributed by atoms with van der Waals surface area (Å²) >= 11 is 0. The Kier molecular flexibility index (Phi) is 4.69. The quantitative estimate of drug-likeness (QED) is 0.507. The smallest absolute Gasteiger partial charge is 0.338 e. The average Bonchev–Trinajstić information content (AvgIpc) is 2.48. The summed E-state index contributed by atoms with van der Waals surface area (Å²) in [5, 5.41) is 38.1. The van der Waals surface area contributed by atoms with E-state index in [1.807, 2.05) is 0 Å². The molecule has 1 saturated heterocycles. The topological polar surface area (TPSA) is 116 Å². The lowest BCUT2D eigenvalue weighted by Gasteiger charge is -2.39. The van der Waals surface area contributed by atoms with Gasteiger partial charge in [-0.2, -0.15) is 0 Å². The van der Waals surface area contributed by atoms with Crippen LogP contribution in [0.5, 0.6) is 0 Å². The summed E-state index contributed by atoms with van der Waals surface area (Å²) in [6, 6.07) is 8.03. The van der Waals surface area contributed by atoms with Gasteiger partial charge in [0.25, 0.3) is 0 Å². The van der Waals surface area contributed by atoms with Gasteiger partial charge in [0.05, 0.1) is 12.2 Å². The van der Waals surface area contributed by atoms with Crippen molar-refractivity contribution >= 4 is 5.97 Å². The number of benzene rings is 1. The van der Waals surface area contributed by atoms with Crippen LogP contribution in [-0.2, 0) is 9.47 Å². The molecular formula is C13H16O7. The first-order chi connectivity index (χ1) is 9.54. The Hall–Kier alpha value is -1.51. The van der Waals surface area contributed by atoms with E-state index in [2.05, 4.69) is 0 Å². The number of rotatable bonds is 3. The monoisotopic (exact) mass is 284 g/mol. The minimum atomic E-state index is -1.65. The molecule has 3 unspecified atom stereocenters. The van der Waals surface area contributed by atoms with E-state index >= 15 is 0 Å². The van der Waals surface area contributed by atoms with Gasteiger partial charge in [-0.15, -0.1) is 0 Å². The lowest BCUT2D eigenvalue weighted by Crippen LogP contribution is -2.59. The molecule has 1 aliphatic rings. The number of aliphatic hydroxyl groups is 4. The lowest BCUT2D eigenvalue weighted by atomic mass is 9.99. The number of carbonyl (C=O) groups is 1. The molecule has 7 nitrogen and oxygen atoms in total. The highest BCUT2D eigenvalue weighted by atomic mass is 16.7. The molecule has 0 bridgehead atoms. The van der Waals surface area contributed by atoms with Gasteiger partial charge in [-0.25, -0.2) is 4.79 Å². The van der Waals surface area contributed by atoms with E-state index in [0.717, 1.165) is 0 Å². The molecule has 7 heteroatoms. The van der Waals surface area contributed by atoms with Crippen molar-refractivity contribution in [2.24, 2.45) is 0 Å². The van der Waals surface area contributed by atoms with Gasteiger partial charge in [0.1, 0.15) is 18.3 Å². The van der Waals surface area contributed by atoms with Crippen molar-refractivity contribution in [1.82, 2.24) is 0 Å². The Morgan fingerprint density at radius 1 is 1.15 bits per heavy atom. The second-order valence-electron chi connectivity index (χ2n) is 4.46. The van der Waals surface area contributed by atoms with Crippen molar-refractivity contribution in [3.63, 3.8) is 0 Å². The van der Waals surface area contributed by atoms with E-state index < -0.39 is 43.3 Å².